The number of benzene rings is 2. The zero-order chi connectivity index (χ0) is 17.2. The second-order valence-electron chi connectivity index (χ2n) is 5.66. The van der Waals surface area contributed by atoms with Gasteiger partial charge < -0.3 is 20.4 Å². The second kappa shape index (κ2) is 4.54. The molecule has 2 amide bonds. The van der Waals surface area contributed by atoms with Crippen molar-refractivity contribution in [1.29, 1.82) is 0 Å². The van der Waals surface area contributed by atoms with Crippen molar-refractivity contribution in [2.75, 3.05) is 0 Å². The zero-order valence-corrected chi connectivity index (χ0v) is 12.2. The lowest BCUT2D eigenvalue weighted by atomic mass is 10.1. The van der Waals surface area contributed by atoms with Gasteiger partial charge in [-0.25, -0.2) is 10.0 Å². The minimum Gasteiger partial charge on any atom is -0.504 e. The summed E-state index contributed by atoms with van der Waals surface area (Å²) in [5.74, 6) is -3.12. The van der Waals surface area contributed by atoms with Crippen molar-refractivity contribution in [2.24, 2.45) is 0 Å². The minimum atomic E-state index is -0.622. The van der Waals surface area contributed by atoms with Crippen molar-refractivity contribution in [3.05, 3.63) is 46.5 Å². The van der Waals surface area contributed by atoms with Gasteiger partial charge in [0, 0.05) is 0 Å². The van der Waals surface area contributed by atoms with Crippen molar-refractivity contribution in [1.82, 2.24) is 10.0 Å². The molecule has 8 heteroatoms. The molecule has 0 spiro atoms. The number of phenolic OH excluding ortho intramolecular Hbond substituents is 4. The number of phenols is 4. The topological polar surface area (TPSA) is 122 Å². The van der Waals surface area contributed by atoms with E-state index >= 15 is 0 Å². The Bertz CT molecular complexity index is 848. The maximum absolute atomic E-state index is 12.6. The molecule has 0 aliphatic carbocycles. The Morgan fingerprint density at radius 2 is 1.04 bits per heavy atom. The van der Waals surface area contributed by atoms with Crippen molar-refractivity contribution >= 4 is 11.8 Å². The molecule has 2 aliphatic rings. The summed E-state index contributed by atoms with van der Waals surface area (Å²) in [5.41, 5.74) is 0.855. The van der Waals surface area contributed by atoms with Crippen molar-refractivity contribution in [3.63, 3.8) is 0 Å². The summed E-state index contributed by atoms with van der Waals surface area (Å²) in [4.78, 5) is 25.1. The molecule has 0 aromatic heterocycles. The molecule has 2 aliphatic heterocycles. The van der Waals surface area contributed by atoms with Crippen molar-refractivity contribution < 1.29 is 30.0 Å². The summed E-state index contributed by atoms with van der Waals surface area (Å²) in [6.07, 6.45) is 0. The highest BCUT2D eigenvalue weighted by molar-refractivity contribution is 6.06. The highest BCUT2D eigenvalue weighted by atomic mass is 16.3. The lowest BCUT2D eigenvalue weighted by Gasteiger charge is -2.27. The van der Waals surface area contributed by atoms with Crippen LogP contribution >= 0.6 is 0 Å². The third kappa shape index (κ3) is 1.67. The molecule has 122 valence electrons. The van der Waals surface area contributed by atoms with Crippen molar-refractivity contribution in [3.8, 4) is 23.0 Å². The molecular weight excluding hydrogens is 316 g/mol. The number of nitrogens with zero attached hydrogens (tertiary/aromatic N) is 2. The van der Waals surface area contributed by atoms with Crippen LogP contribution in [0.3, 0.4) is 0 Å². The van der Waals surface area contributed by atoms with Crippen LogP contribution in [0.25, 0.3) is 0 Å². The van der Waals surface area contributed by atoms with Crippen LogP contribution in [0.4, 0.5) is 0 Å². The first-order valence-electron chi connectivity index (χ1n) is 7.11. The molecule has 0 saturated heterocycles. The molecule has 0 bridgehead atoms. The largest absolute Gasteiger partial charge is 0.504 e. The third-order valence-corrected chi connectivity index (χ3v) is 4.31. The molecule has 2 heterocycles. The average Bonchev–Trinajstić information content (AvgIpc) is 3.05. The standard InChI is InChI=1S/C16H12N2O6/c19-9-3-1-7-5-17(15(23)11(7)13(9)21)18-6-8-2-4-10(20)14(22)12(8)16(18)24/h1-4,19-22H,5-6H2. The molecule has 0 unspecified atom stereocenters. The fourth-order valence-electron chi connectivity index (χ4n) is 3.10. The molecule has 2 aromatic rings. The van der Waals surface area contributed by atoms with Crippen LogP contribution in [0.1, 0.15) is 31.8 Å². The maximum atomic E-state index is 12.6. The Morgan fingerprint density at radius 3 is 1.42 bits per heavy atom. The van der Waals surface area contributed by atoms with Gasteiger partial charge in [0.25, 0.3) is 11.8 Å². The number of carbonyl (C=O) groups is 2. The summed E-state index contributed by atoms with van der Waals surface area (Å²) in [7, 11) is 0. The predicted octanol–water partition coefficient (Wildman–Crippen LogP) is 1.04. The molecule has 0 atom stereocenters. The summed E-state index contributed by atoms with van der Waals surface area (Å²) < 4.78 is 0. The number of amides is 2. The summed E-state index contributed by atoms with van der Waals surface area (Å²) in [5, 5.41) is 41.2. The molecule has 2 aromatic carbocycles. The van der Waals surface area contributed by atoms with Gasteiger partial charge in [0.05, 0.1) is 24.2 Å². The number of rotatable bonds is 1. The molecular formula is C16H12N2O6. The van der Waals surface area contributed by atoms with Gasteiger partial charge in [-0.3, -0.25) is 9.59 Å². The fourth-order valence-corrected chi connectivity index (χ4v) is 3.10. The van der Waals surface area contributed by atoms with E-state index in [1.807, 2.05) is 0 Å². The first kappa shape index (κ1) is 14.2. The molecule has 0 fully saturated rings. The summed E-state index contributed by atoms with van der Waals surface area (Å²) in [6, 6.07) is 5.54. The van der Waals surface area contributed by atoms with E-state index in [0.717, 1.165) is 10.0 Å². The van der Waals surface area contributed by atoms with Gasteiger partial charge in [0.15, 0.2) is 23.0 Å². The van der Waals surface area contributed by atoms with Crippen molar-refractivity contribution in [2.45, 2.75) is 13.1 Å². The lowest BCUT2D eigenvalue weighted by Crippen LogP contribution is -2.42. The molecule has 4 rings (SSSR count). The summed E-state index contributed by atoms with van der Waals surface area (Å²) >= 11 is 0. The number of hydrazine groups is 1. The second-order valence-corrected chi connectivity index (χ2v) is 5.66. The van der Waals surface area contributed by atoms with Gasteiger partial charge in [0.2, 0.25) is 0 Å². The summed E-state index contributed by atoms with van der Waals surface area (Å²) in [6.45, 7) is 0.100. The molecule has 24 heavy (non-hydrogen) atoms. The van der Waals surface area contributed by atoms with Crippen LogP contribution in [-0.4, -0.2) is 42.3 Å². The number of hydrogen-bond donors (Lipinski definition) is 4. The van der Waals surface area contributed by atoms with E-state index in [4.69, 9.17) is 0 Å². The number of hydrogen-bond acceptors (Lipinski definition) is 6. The zero-order valence-electron chi connectivity index (χ0n) is 12.2. The first-order valence-corrected chi connectivity index (χ1v) is 7.11. The molecule has 4 N–H and O–H groups in total. The molecule has 0 saturated carbocycles. The van der Waals surface area contributed by atoms with Crippen LogP contribution in [-0.2, 0) is 13.1 Å². The van der Waals surface area contributed by atoms with Gasteiger partial charge in [-0.05, 0) is 23.3 Å². The Kier molecular flexibility index (Phi) is 2.69. The van der Waals surface area contributed by atoms with E-state index in [2.05, 4.69) is 0 Å². The highest BCUT2D eigenvalue weighted by Crippen LogP contribution is 2.41. The van der Waals surface area contributed by atoms with Crippen LogP contribution in [0.15, 0.2) is 24.3 Å². The van der Waals surface area contributed by atoms with Crippen LogP contribution in [0.5, 0.6) is 23.0 Å². The van der Waals surface area contributed by atoms with E-state index < -0.39 is 34.8 Å². The van der Waals surface area contributed by atoms with Gasteiger partial charge in [-0.15, -0.1) is 0 Å². The van der Waals surface area contributed by atoms with E-state index in [1.165, 1.54) is 24.3 Å². The van der Waals surface area contributed by atoms with E-state index in [1.54, 1.807) is 0 Å². The normalized spacial score (nSPS) is 15.8. The third-order valence-electron chi connectivity index (χ3n) is 4.31. The van der Waals surface area contributed by atoms with E-state index in [0.29, 0.717) is 11.1 Å². The number of fused-ring (bicyclic) bond motifs is 2. The van der Waals surface area contributed by atoms with Crippen LogP contribution < -0.4 is 0 Å². The Morgan fingerprint density at radius 1 is 0.667 bits per heavy atom. The van der Waals surface area contributed by atoms with E-state index in [9.17, 15) is 30.0 Å². The molecule has 8 nitrogen and oxygen atoms in total. The highest BCUT2D eigenvalue weighted by Gasteiger charge is 2.42. The van der Waals surface area contributed by atoms with Gasteiger partial charge in [-0.1, -0.05) is 12.1 Å². The smallest absolute Gasteiger partial charge is 0.277 e. The Hall–Kier alpha value is -3.42. The SMILES string of the molecule is O=C1c2c(ccc(O)c2O)CN1N1Cc2ccc(O)c(O)c2C1=O. The van der Waals surface area contributed by atoms with Gasteiger partial charge >= 0.3 is 0 Å². The van der Waals surface area contributed by atoms with E-state index in [-0.39, 0.29) is 24.2 Å². The van der Waals surface area contributed by atoms with Gasteiger partial charge in [0.1, 0.15) is 0 Å². The van der Waals surface area contributed by atoms with Crippen LogP contribution in [0, 0.1) is 0 Å². The maximum Gasteiger partial charge on any atom is 0.277 e. The minimum absolute atomic E-state index is 0.0501. The van der Waals surface area contributed by atoms with Crippen LogP contribution in [0.2, 0.25) is 0 Å². The quantitative estimate of drug-likeness (QED) is 0.580. The predicted molar refractivity (Wildman–Crippen MR) is 79.3 cm³/mol. The Labute approximate surface area is 135 Å². The molecule has 0 radical (unpaired) electrons. The Balaban J connectivity index is 1.73. The number of carbonyl (C=O) groups excluding carboxylic acids is 2. The monoisotopic (exact) mass is 328 g/mol. The average molecular weight is 328 g/mol. The number of aromatic hydroxyl groups is 4. The lowest BCUT2D eigenvalue weighted by molar-refractivity contribution is -0.00175. The first-order chi connectivity index (χ1) is 11.4. The van der Waals surface area contributed by atoms with Gasteiger partial charge in [-0.2, -0.15) is 0 Å². The fraction of sp³-hybridized carbons (Fsp3) is 0.125.